The van der Waals surface area contributed by atoms with Gasteiger partial charge in [0.15, 0.2) is 0 Å². The average molecular weight is 502 g/mol. The van der Waals surface area contributed by atoms with Crippen LogP contribution in [0.25, 0.3) is 0 Å². The molecule has 9 heteroatoms. The molecule has 198 valence electrons. The minimum Gasteiger partial charge on any atom is -0.343 e. The minimum atomic E-state index is -0.850. The first kappa shape index (κ1) is 26.5. The van der Waals surface area contributed by atoms with Gasteiger partial charge < -0.3 is 26.2 Å². The molecule has 2 unspecified atom stereocenters. The van der Waals surface area contributed by atoms with Crippen LogP contribution in [0.3, 0.4) is 0 Å². The van der Waals surface area contributed by atoms with Gasteiger partial charge in [0.2, 0.25) is 17.7 Å². The van der Waals surface area contributed by atoms with Gasteiger partial charge in [0.1, 0.15) is 11.9 Å². The van der Waals surface area contributed by atoms with Crippen LogP contribution >= 0.6 is 0 Å². The Hall–Kier alpha value is -2.52. The highest BCUT2D eigenvalue weighted by molar-refractivity contribution is 5.91. The Balaban J connectivity index is 1.41. The van der Waals surface area contributed by atoms with Crippen LogP contribution in [-0.2, 0) is 20.8 Å². The molecule has 8 nitrogen and oxygen atoms in total. The van der Waals surface area contributed by atoms with Gasteiger partial charge in [-0.25, -0.2) is 4.39 Å². The number of halogens is 1. The van der Waals surface area contributed by atoms with Crippen molar-refractivity contribution >= 4 is 23.4 Å². The lowest BCUT2D eigenvalue weighted by molar-refractivity contribution is -0.138. The average Bonchev–Trinajstić information content (AvgIpc) is 3.74. The number of amides is 3. The number of nitrogens with zero attached hydrogens (tertiary/aromatic N) is 2. The topological polar surface area (TPSA) is 108 Å². The summed E-state index contributed by atoms with van der Waals surface area (Å²) in [5.41, 5.74) is 6.43. The molecule has 0 spiro atoms. The van der Waals surface area contributed by atoms with E-state index >= 15 is 0 Å². The molecule has 36 heavy (non-hydrogen) atoms. The van der Waals surface area contributed by atoms with Gasteiger partial charge in [-0.3, -0.25) is 14.4 Å². The van der Waals surface area contributed by atoms with Gasteiger partial charge in [-0.15, -0.1) is 0 Å². The van der Waals surface area contributed by atoms with E-state index in [4.69, 9.17) is 5.73 Å². The summed E-state index contributed by atoms with van der Waals surface area (Å²) in [5.74, 6) is 0.401. The molecule has 0 bridgehead atoms. The van der Waals surface area contributed by atoms with Gasteiger partial charge in [0.25, 0.3) is 0 Å². The van der Waals surface area contributed by atoms with Crippen molar-refractivity contribution in [2.75, 3.05) is 32.0 Å². The molecule has 3 amide bonds. The molecular formula is C27H40FN5O3. The second-order valence-electron chi connectivity index (χ2n) is 11.1. The van der Waals surface area contributed by atoms with Gasteiger partial charge >= 0.3 is 0 Å². The van der Waals surface area contributed by atoms with Crippen molar-refractivity contribution in [1.82, 2.24) is 15.1 Å². The molecule has 2 aliphatic carbocycles. The van der Waals surface area contributed by atoms with E-state index in [-0.39, 0.29) is 30.0 Å². The Labute approximate surface area is 213 Å². The van der Waals surface area contributed by atoms with E-state index < -0.39 is 23.8 Å². The summed E-state index contributed by atoms with van der Waals surface area (Å²) in [6, 6.07) is 3.15. The molecule has 1 aliphatic heterocycles. The minimum absolute atomic E-state index is 0.134. The Morgan fingerprint density at radius 1 is 1.14 bits per heavy atom. The number of rotatable bonds is 10. The number of benzene rings is 1. The third kappa shape index (κ3) is 6.82. The molecule has 1 saturated heterocycles. The summed E-state index contributed by atoms with van der Waals surface area (Å²) < 4.78 is 15.0. The molecule has 0 radical (unpaired) electrons. The molecule has 3 atom stereocenters. The van der Waals surface area contributed by atoms with Crippen molar-refractivity contribution in [3.8, 4) is 0 Å². The van der Waals surface area contributed by atoms with E-state index in [0.29, 0.717) is 42.8 Å². The number of nitrogens with two attached hydrogens (primary N) is 1. The molecule has 1 heterocycles. The molecule has 1 aromatic carbocycles. The quantitative estimate of drug-likeness (QED) is 0.455. The highest BCUT2D eigenvalue weighted by atomic mass is 19.1. The Bertz CT molecular complexity index is 966. The lowest BCUT2D eigenvalue weighted by atomic mass is 9.94. The van der Waals surface area contributed by atoms with Gasteiger partial charge in [0, 0.05) is 38.5 Å². The first-order chi connectivity index (χ1) is 17.1. The number of hydrogen-bond acceptors (Lipinski definition) is 5. The van der Waals surface area contributed by atoms with Gasteiger partial charge in [-0.05, 0) is 82.0 Å². The van der Waals surface area contributed by atoms with E-state index in [9.17, 15) is 18.8 Å². The highest BCUT2D eigenvalue weighted by Crippen LogP contribution is 2.50. The van der Waals surface area contributed by atoms with Crippen LogP contribution in [0.2, 0.25) is 0 Å². The molecule has 4 N–H and O–H groups in total. The number of likely N-dealkylation sites (N-methyl/N-ethyl adjacent to an activating group) is 1. The normalized spacial score (nSPS) is 22.3. The summed E-state index contributed by atoms with van der Waals surface area (Å²) in [7, 11) is 2.02. The largest absolute Gasteiger partial charge is 0.343 e. The van der Waals surface area contributed by atoms with Gasteiger partial charge in [-0.2, -0.15) is 0 Å². The first-order valence-corrected chi connectivity index (χ1v) is 13.3. The fourth-order valence-corrected chi connectivity index (χ4v) is 5.18. The van der Waals surface area contributed by atoms with Crippen molar-refractivity contribution in [2.24, 2.45) is 23.5 Å². The number of carbonyl (C=O) groups excluding carboxylic acids is 3. The summed E-state index contributed by atoms with van der Waals surface area (Å²) in [4.78, 5) is 42.2. The van der Waals surface area contributed by atoms with Crippen LogP contribution in [-0.4, -0.2) is 72.3 Å². The molecule has 3 fully saturated rings. The van der Waals surface area contributed by atoms with Gasteiger partial charge in [0.05, 0.1) is 11.7 Å². The van der Waals surface area contributed by atoms with Crippen LogP contribution in [0.4, 0.5) is 10.1 Å². The maximum Gasteiger partial charge on any atom is 0.245 e. The Morgan fingerprint density at radius 2 is 1.81 bits per heavy atom. The summed E-state index contributed by atoms with van der Waals surface area (Å²) in [5, 5.41) is 5.49. The number of hydrogen-bond donors (Lipinski definition) is 3. The second kappa shape index (κ2) is 11.3. The van der Waals surface area contributed by atoms with E-state index in [1.54, 1.807) is 24.0 Å². The van der Waals surface area contributed by atoms with Crippen molar-refractivity contribution in [3.63, 3.8) is 0 Å². The maximum atomic E-state index is 15.0. The smallest absolute Gasteiger partial charge is 0.245 e. The van der Waals surface area contributed by atoms with Crippen LogP contribution in [0, 0.1) is 23.6 Å². The number of piperazine rings is 1. The summed E-state index contributed by atoms with van der Waals surface area (Å²) in [6.07, 6.45) is 5.37. The van der Waals surface area contributed by atoms with Gasteiger partial charge in [-0.1, -0.05) is 6.07 Å². The molecule has 3 aliphatic rings. The van der Waals surface area contributed by atoms with Crippen LogP contribution < -0.4 is 16.4 Å². The number of carbonyl (C=O) groups is 3. The molecule has 0 aromatic heterocycles. The zero-order valence-corrected chi connectivity index (χ0v) is 21.6. The third-order valence-corrected chi connectivity index (χ3v) is 7.92. The predicted molar refractivity (Wildman–Crippen MR) is 137 cm³/mol. The summed E-state index contributed by atoms with van der Waals surface area (Å²) >= 11 is 0. The van der Waals surface area contributed by atoms with Crippen molar-refractivity contribution in [2.45, 2.75) is 70.5 Å². The maximum absolute atomic E-state index is 15.0. The number of nitrogens with one attached hydrogen (secondary N) is 2. The SMILES string of the molecule is CC(N)C(=O)N[C@H](Cc1ccc(NC(=O)CC(C2CC2)C2CC2)c(F)c1)C(=O)N1CCN(C)C(C)C1. The molecular weight excluding hydrogens is 461 g/mol. The zero-order chi connectivity index (χ0) is 26.0. The van der Waals surface area contributed by atoms with E-state index in [2.05, 4.69) is 22.5 Å². The van der Waals surface area contributed by atoms with Crippen molar-refractivity contribution in [3.05, 3.63) is 29.6 Å². The fraction of sp³-hybridized carbons (Fsp3) is 0.667. The molecule has 1 aromatic rings. The second-order valence-corrected chi connectivity index (χ2v) is 11.1. The zero-order valence-electron chi connectivity index (χ0n) is 21.6. The van der Waals surface area contributed by atoms with Crippen LogP contribution in [0.1, 0.15) is 51.5 Å². The summed E-state index contributed by atoms with van der Waals surface area (Å²) in [6.45, 7) is 5.47. The third-order valence-electron chi connectivity index (χ3n) is 7.92. The number of anilines is 1. The molecule has 4 rings (SSSR count). The Morgan fingerprint density at radius 3 is 2.36 bits per heavy atom. The lowest BCUT2D eigenvalue weighted by Crippen LogP contribution is -2.58. The van der Waals surface area contributed by atoms with E-state index in [0.717, 1.165) is 6.54 Å². The fourth-order valence-electron chi connectivity index (χ4n) is 5.18. The van der Waals surface area contributed by atoms with E-state index in [1.807, 2.05) is 7.05 Å². The van der Waals surface area contributed by atoms with Crippen LogP contribution in [0.15, 0.2) is 18.2 Å². The highest BCUT2D eigenvalue weighted by Gasteiger charge is 2.42. The van der Waals surface area contributed by atoms with Crippen molar-refractivity contribution < 1.29 is 18.8 Å². The Kier molecular flexibility index (Phi) is 8.30. The van der Waals surface area contributed by atoms with Crippen molar-refractivity contribution in [1.29, 1.82) is 0 Å². The van der Waals surface area contributed by atoms with E-state index in [1.165, 1.54) is 31.7 Å². The molecule has 2 saturated carbocycles. The standard InChI is InChI=1S/C27H40FN5O3/c1-16-15-33(11-10-32(16)3)27(36)24(31-26(35)17(2)29)13-18-4-9-23(22(28)12-18)30-25(34)14-21(19-5-6-19)20-7-8-20/h4,9,12,16-17,19-21,24H,5-8,10-11,13-15,29H2,1-3H3,(H,30,34)(H,31,35)/t16?,17?,24-/m1/s1. The van der Waals surface area contributed by atoms with Crippen LogP contribution in [0.5, 0.6) is 0 Å². The lowest BCUT2D eigenvalue weighted by Gasteiger charge is -2.39. The first-order valence-electron chi connectivity index (χ1n) is 13.3. The predicted octanol–water partition coefficient (Wildman–Crippen LogP) is 2.13. The monoisotopic (exact) mass is 501 g/mol.